The van der Waals surface area contributed by atoms with Crippen molar-refractivity contribution in [3.05, 3.63) is 40.8 Å². The summed E-state index contributed by atoms with van der Waals surface area (Å²) in [5.74, 6) is 0.992. The fourth-order valence-corrected chi connectivity index (χ4v) is 3.22. The van der Waals surface area contributed by atoms with Crippen molar-refractivity contribution in [2.75, 3.05) is 6.54 Å². The van der Waals surface area contributed by atoms with E-state index in [0.717, 1.165) is 36.2 Å². The zero-order valence-corrected chi connectivity index (χ0v) is 15.6. The van der Waals surface area contributed by atoms with E-state index in [0.29, 0.717) is 30.6 Å². The molecule has 1 unspecified atom stereocenters. The molecule has 0 spiro atoms. The van der Waals surface area contributed by atoms with Crippen molar-refractivity contribution in [1.29, 1.82) is 0 Å². The van der Waals surface area contributed by atoms with Crippen molar-refractivity contribution in [3.63, 3.8) is 0 Å². The minimum atomic E-state index is -0.168. The van der Waals surface area contributed by atoms with Crippen LogP contribution in [0.25, 0.3) is 0 Å². The number of fused-ring (bicyclic) bond motifs is 1. The monoisotopic (exact) mass is 357 g/mol. The van der Waals surface area contributed by atoms with Crippen LogP contribution in [0.2, 0.25) is 0 Å². The standard InChI is InChI=1S/C19H27N5O2/c1-12(2)8-13(3)26-17-9-14(4-7-21-17)10-22-19(25)18-15-11-20-6-5-16(15)23-24-18/h4,7,9,12-13,20H,5-6,8,10-11H2,1-3H3,(H,22,25)(H,23,24). The highest BCUT2D eigenvalue weighted by molar-refractivity contribution is 5.94. The number of hydrogen-bond donors (Lipinski definition) is 3. The van der Waals surface area contributed by atoms with Gasteiger partial charge in [-0.15, -0.1) is 0 Å². The summed E-state index contributed by atoms with van der Waals surface area (Å²) in [5, 5.41) is 13.4. The van der Waals surface area contributed by atoms with Gasteiger partial charge in [0.15, 0.2) is 5.69 Å². The van der Waals surface area contributed by atoms with Gasteiger partial charge >= 0.3 is 0 Å². The predicted molar refractivity (Wildman–Crippen MR) is 99.0 cm³/mol. The fraction of sp³-hybridized carbons (Fsp3) is 0.526. The lowest BCUT2D eigenvalue weighted by Gasteiger charge is -2.16. The van der Waals surface area contributed by atoms with Crippen LogP contribution in [0.1, 0.15) is 54.5 Å². The molecule has 1 aliphatic heterocycles. The summed E-state index contributed by atoms with van der Waals surface area (Å²) >= 11 is 0. The van der Waals surface area contributed by atoms with Crippen LogP contribution in [0, 0.1) is 5.92 Å². The highest BCUT2D eigenvalue weighted by Crippen LogP contribution is 2.17. The van der Waals surface area contributed by atoms with Crippen molar-refractivity contribution in [3.8, 4) is 5.88 Å². The van der Waals surface area contributed by atoms with E-state index in [2.05, 4.69) is 39.7 Å². The number of pyridine rings is 1. The first-order valence-electron chi connectivity index (χ1n) is 9.19. The Bertz CT molecular complexity index is 756. The third-order valence-corrected chi connectivity index (χ3v) is 4.40. The van der Waals surface area contributed by atoms with E-state index in [1.807, 2.05) is 19.1 Å². The van der Waals surface area contributed by atoms with Gasteiger partial charge in [0.05, 0.1) is 6.10 Å². The van der Waals surface area contributed by atoms with Gasteiger partial charge in [-0.25, -0.2) is 4.98 Å². The van der Waals surface area contributed by atoms with Crippen LogP contribution in [-0.2, 0) is 19.5 Å². The van der Waals surface area contributed by atoms with E-state index >= 15 is 0 Å². The molecule has 7 heteroatoms. The molecule has 1 amide bonds. The Hall–Kier alpha value is -2.41. The average Bonchev–Trinajstić information content (AvgIpc) is 3.03. The largest absolute Gasteiger partial charge is 0.475 e. The molecule has 26 heavy (non-hydrogen) atoms. The van der Waals surface area contributed by atoms with Crippen LogP contribution in [0.3, 0.4) is 0 Å². The third-order valence-electron chi connectivity index (χ3n) is 4.40. The topological polar surface area (TPSA) is 91.9 Å². The number of rotatable bonds is 7. The van der Waals surface area contributed by atoms with Gasteiger partial charge in [-0.2, -0.15) is 5.10 Å². The molecule has 2 aromatic heterocycles. The molecule has 0 aliphatic carbocycles. The van der Waals surface area contributed by atoms with Crippen LogP contribution in [-0.4, -0.2) is 33.7 Å². The molecule has 1 aliphatic rings. The van der Waals surface area contributed by atoms with Gasteiger partial charge < -0.3 is 15.4 Å². The Balaban J connectivity index is 1.58. The van der Waals surface area contributed by atoms with Crippen molar-refractivity contribution in [1.82, 2.24) is 25.8 Å². The van der Waals surface area contributed by atoms with Crippen LogP contribution < -0.4 is 15.4 Å². The van der Waals surface area contributed by atoms with Crippen molar-refractivity contribution in [2.24, 2.45) is 5.92 Å². The summed E-state index contributed by atoms with van der Waals surface area (Å²) in [6.07, 6.45) is 3.66. The molecule has 0 aromatic carbocycles. The smallest absolute Gasteiger partial charge is 0.272 e. The Kier molecular flexibility index (Phi) is 5.88. The molecule has 3 N–H and O–H groups in total. The van der Waals surface area contributed by atoms with Crippen molar-refractivity contribution in [2.45, 2.75) is 52.8 Å². The average molecular weight is 357 g/mol. The number of nitrogens with one attached hydrogen (secondary N) is 3. The van der Waals surface area contributed by atoms with Gasteiger partial charge in [-0.05, 0) is 30.9 Å². The second kappa shape index (κ2) is 8.31. The zero-order valence-electron chi connectivity index (χ0n) is 15.6. The van der Waals surface area contributed by atoms with E-state index in [1.165, 1.54) is 0 Å². The summed E-state index contributed by atoms with van der Waals surface area (Å²) < 4.78 is 5.87. The van der Waals surface area contributed by atoms with Crippen LogP contribution in [0.15, 0.2) is 18.3 Å². The first kappa shape index (κ1) is 18.4. The fourth-order valence-electron chi connectivity index (χ4n) is 3.22. The SMILES string of the molecule is CC(C)CC(C)Oc1cc(CNC(=O)c2n[nH]c3c2CNCC3)ccn1. The predicted octanol–water partition coefficient (Wildman–Crippen LogP) is 2.19. The molecule has 0 saturated heterocycles. The Morgan fingerprint density at radius 3 is 3.04 bits per heavy atom. The maximum Gasteiger partial charge on any atom is 0.272 e. The lowest BCUT2D eigenvalue weighted by atomic mass is 10.1. The number of hydrogen-bond acceptors (Lipinski definition) is 5. The lowest BCUT2D eigenvalue weighted by molar-refractivity contribution is 0.0944. The second-order valence-corrected chi connectivity index (χ2v) is 7.20. The first-order chi connectivity index (χ1) is 12.5. The molecule has 0 bridgehead atoms. The normalized spacial score (nSPS) is 14.8. The Labute approximate surface area is 153 Å². The third kappa shape index (κ3) is 4.60. The lowest BCUT2D eigenvalue weighted by Crippen LogP contribution is -2.28. The first-order valence-corrected chi connectivity index (χ1v) is 9.19. The van der Waals surface area contributed by atoms with E-state index < -0.39 is 0 Å². The summed E-state index contributed by atoms with van der Waals surface area (Å²) in [6.45, 7) is 8.38. The molecule has 0 radical (unpaired) electrons. The highest BCUT2D eigenvalue weighted by Gasteiger charge is 2.21. The van der Waals surface area contributed by atoms with Gasteiger partial charge in [0.2, 0.25) is 5.88 Å². The molecule has 1 atom stereocenters. The number of aromatic nitrogens is 3. The Morgan fingerprint density at radius 1 is 1.38 bits per heavy atom. The minimum absolute atomic E-state index is 0.107. The van der Waals surface area contributed by atoms with Gasteiger partial charge in [-0.3, -0.25) is 9.89 Å². The van der Waals surface area contributed by atoms with Crippen molar-refractivity contribution < 1.29 is 9.53 Å². The molecular weight excluding hydrogens is 330 g/mol. The number of amides is 1. The molecule has 140 valence electrons. The molecule has 0 fully saturated rings. The van der Waals surface area contributed by atoms with Gasteiger partial charge in [0.25, 0.3) is 5.91 Å². The van der Waals surface area contributed by atoms with Crippen LogP contribution >= 0.6 is 0 Å². The number of carbonyl (C=O) groups is 1. The summed E-state index contributed by atoms with van der Waals surface area (Å²) in [6, 6.07) is 3.75. The number of H-pyrrole nitrogens is 1. The van der Waals surface area contributed by atoms with E-state index in [-0.39, 0.29) is 12.0 Å². The molecular formula is C19H27N5O2. The van der Waals surface area contributed by atoms with E-state index in [4.69, 9.17) is 4.74 Å². The molecule has 3 heterocycles. The maximum absolute atomic E-state index is 12.5. The molecule has 3 rings (SSSR count). The zero-order chi connectivity index (χ0) is 18.5. The van der Waals surface area contributed by atoms with Crippen molar-refractivity contribution >= 4 is 5.91 Å². The molecule has 0 saturated carbocycles. The van der Waals surface area contributed by atoms with E-state index in [1.54, 1.807) is 6.20 Å². The molecule has 7 nitrogen and oxygen atoms in total. The number of carbonyl (C=O) groups excluding carboxylic acids is 1. The van der Waals surface area contributed by atoms with Gasteiger partial charge in [0.1, 0.15) is 0 Å². The number of aromatic amines is 1. The van der Waals surface area contributed by atoms with E-state index in [9.17, 15) is 4.79 Å². The quantitative estimate of drug-likeness (QED) is 0.706. The summed E-state index contributed by atoms with van der Waals surface area (Å²) in [7, 11) is 0. The van der Waals surface area contributed by atoms with Crippen LogP contribution in [0.5, 0.6) is 5.88 Å². The number of ether oxygens (including phenoxy) is 1. The minimum Gasteiger partial charge on any atom is -0.475 e. The number of nitrogens with zero attached hydrogens (tertiary/aromatic N) is 2. The summed E-state index contributed by atoms with van der Waals surface area (Å²) in [5.41, 5.74) is 3.44. The Morgan fingerprint density at radius 2 is 2.23 bits per heavy atom. The van der Waals surface area contributed by atoms with Gasteiger partial charge in [0, 0.05) is 49.6 Å². The van der Waals surface area contributed by atoms with Crippen LogP contribution in [0.4, 0.5) is 0 Å². The maximum atomic E-state index is 12.5. The second-order valence-electron chi connectivity index (χ2n) is 7.20. The molecule has 2 aromatic rings. The summed E-state index contributed by atoms with van der Waals surface area (Å²) in [4.78, 5) is 16.7. The highest BCUT2D eigenvalue weighted by atomic mass is 16.5. The van der Waals surface area contributed by atoms with Gasteiger partial charge in [-0.1, -0.05) is 13.8 Å².